The largest absolute Gasteiger partial charge is 0.479 e. The Bertz CT molecular complexity index is 564. The molecule has 0 saturated carbocycles. The summed E-state index contributed by atoms with van der Waals surface area (Å²) in [6, 6.07) is 1.47. The third-order valence-corrected chi connectivity index (χ3v) is 2.08. The van der Waals surface area contributed by atoms with Gasteiger partial charge in [0.1, 0.15) is 17.7 Å². The molecule has 2 aromatic rings. The monoisotopic (exact) mass is 234 g/mol. The first-order chi connectivity index (χ1) is 8.13. The molecule has 0 aromatic carbocycles. The molecule has 1 amide bonds. The average Bonchev–Trinajstić information content (AvgIpc) is 2.78. The molecule has 17 heavy (non-hydrogen) atoms. The highest BCUT2D eigenvalue weighted by molar-refractivity contribution is 5.90. The van der Waals surface area contributed by atoms with Crippen LogP contribution in [0.2, 0.25) is 0 Å². The number of nitrogens with zero attached hydrogens (tertiary/aromatic N) is 4. The third-order valence-electron chi connectivity index (χ3n) is 2.08. The first kappa shape index (κ1) is 10.9. The predicted molar refractivity (Wildman–Crippen MR) is 58.6 cm³/mol. The Kier molecular flexibility index (Phi) is 2.61. The number of nitrogen functional groups attached to an aromatic ring is 1. The molecule has 2 heterocycles. The summed E-state index contributed by atoms with van der Waals surface area (Å²) in [6.45, 7) is 0. The number of rotatable bonds is 3. The van der Waals surface area contributed by atoms with Crippen LogP contribution in [0.5, 0.6) is 5.88 Å². The van der Waals surface area contributed by atoms with Crippen molar-refractivity contribution in [2.45, 2.75) is 0 Å². The zero-order valence-electron chi connectivity index (χ0n) is 8.99. The predicted octanol–water partition coefficient (Wildman–Crippen LogP) is -0.648. The molecule has 0 aliphatic rings. The summed E-state index contributed by atoms with van der Waals surface area (Å²) in [5.41, 5.74) is 11.2. The second kappa shape index (κ2) is 4.08. The number of aromatic nitrogens is 4. The lowest BCUT2D eigenvalue weighted by molar-refractivity contribution is 0.0995. The summed E-state index contributed by atoms with van der Waals surface area (Å²) in [5.74, 6) is -0.0567. The molecule has 0 spiro atoms. The van der Waals surface area contributed by atoms with Crippen LogP contribution in [0.15, 0.2) is 18.6 Å². The number of nitrogens with two attached hydrogens (primary N) is 2. The lowest BCUT2D eigenvalue weighted by atomic mass is 10.4. The van der Waals surface area contributed by atoms with Crippen molar-refractivity contribution in [3.05, 3.63) is 24.3 Å². The summed E-state index contributed by atoms with van der Waals surface area (Å²) < 4.78 is 6.29. The number of carbonyl (C=O) groups is 1. The quantitative estimate of drug-likeness (QED) is 0.727. The van der Waals surface area contributed by atoms with E-state index in [0.717, 1.165) is 0 Å². The Hall–Kier alpha value is -2.64. The van der Waals surface area contributed by atoms with Crippen molar-refractivity contribution in [1.82, 2.24) is 19.7 Å². The number of carbonyl (C=O) groups excluding carboxylic acids is 1. The number of primary amides is 1. The van der Waals surface area contributed by atoms with E-state index in [4.69, 9.17) is 16.2 Å². The molecular formula is C9H10N6O2. The van der Waals surface area contributed by atoms with Crippen LogP contribution in [-0.4, -0.2) is 32.8 Å². The van der Waals surface area contributed by atoms with E-state index in [0.29, 0.717) is 5.82 Å². The Balaban J connectivity index is 2.49. The number of methoxy groups -OCH3 is 1. The first-order valence-electron chi connectivity index (χ1n) is 4.63. The zero-order valence-corrected chi connectivity index (χ0v) is 8.99. The summed E-state index contributed by atoms with van der Waals surface area (Å²) in [4.78, 5) is 18.7. The molecule has 0 radical (unpaired) electrons. The Labute approximate surface area is 96.2 Å². The zero-order chi connectivity index (χ0) is 12.4. The molecule has 0 aliphatic carbocycles. The summed E-state index contributed by atoms with van der Waals surface area (Å²) in [7, 11) is 1.44. The fourth-order valence-electron chi connectivity index (χ4n) is 1.29. The molecular weight excluding hydrogens is 224 g/mol. The van der Waals surface area contributed by atoms with Gasteiger partial charge in [-0.25, -0.2) is 9.67 Å². The number of ether oxygens (including phenoxy) is 1. The van der Waals surface area contributed by atoms with E-state index in [1.807, 2.05) is 0 Å². The minimum atomic E-state index is -0.622. The van der Waals surface area contributed by atoms with Gasteiger partial charge >= 0.3 is 0 Å². The molecule has 0 bridgehead atoms. The van der Waals surface area contributed by atoms with Gasteiger partial charge in [-0.3, -0.25) is 4.79 Å². The molecule has 0 atom stereocenters. The standard InChI is InChI=1S/C9H10N6O2/c1-17-9-6(10)8(12-4-13-9)15-3-2-5(14-15)7(11)16/h2-4H,10H2,1H3,(H2,11,16). The number of amides is 1. The van der Waals surface area contributed by atoms with Crippen molar-refractivity contribution in [2.24, 2.45) is 5.73 Å². The first-order valence-corrected chi connectivity index (χ1v) is 4.63. The van der Waals surface area contributed by atoms with E-state index in [1.165, 1.54) is 30.4 Å². The van der Waals surface area contributed by atoms with E-state index in [9.17, 15) is 4.79 Å². The molecule has 0 saturated heterocycles. The van der Waals surface area contributed by atoms with Gasteiger partial charge in [-0.2, -0.15) is 10.1 Å². The lowest BCUT2D eigenvalue weighted by Gasteiger charge is -2.06. The van der Waals surface area contributed by atoms with Crippen LogP contribution in [0.25, 0.3) is 5.82 Å². The van der Waals surface area contributed by atoms with Crippen molar-refractivity contribution in [3.8, 4) is 11.7 Å². The molecule has 8 nitrogen and oxygen atoms in total. The van der Waals surface area contributed by atoms with Crippen molar-refractivity contribution in [3.63, 3.8) is 0 Å². The molecule has 4 N–H and O–H groups in total. The van der Waals surface area contributed by atoms with E-state index >= 15 is 0 Å². The summed E-state index contributed by atoms with van der Waals surface area (Å²) in [5, 5.41) is 3.93. The third kappa shape index (κ3) is 1.87. The number of hydrogen-bond donors (Lipinski definition) is 2. The highest BCUT2D eigenvalue weighted by Gasteiger charge is 2.12. The molecule has 88 valence electrons. The normalized spacial score (nSPS) is 10.2. The minimum absolute atomic E-state index is 0.127. The van der Waals surface area contributed by atoms with Crippen molar-refractivity contribution < 1.29 is 9.53 Å². The maximum Gasteiger partial charge on any atom is 0.269 e. The van der Waals surface area contributed by atoms with Gasteiger partial charge in [-0.1, -0.05) is 0 Å². The number of hydrogen-bond acceptors (Lipinski definition) is 6. The van der Waals surface area contributed by atoms with Crippen molar-refractivity contribution >= 4 is 11.6 Å². The van der Waals surface area contributed by atoms with Crippen LogP contribution in [0.3, 0.4) is 0 Å². The fraction of sp³-hybridized carbons (Fsp3) is 0.111. The maximum atomic E-state index is 10.9. The highest BCUT2D eigenvalue weighted by Crippen LogP contribution is 2.22. The lowest BCUT2D eigenvalue weighted by Crippen LogP contribution is -2.13. The Morgan fingerprint density at radius 3 is 2.82 bits per heavy atom. The van der Waals surface area contributed by atoms with Crippen LogP contribution >= 0.6 is 0 Å². The van der Waals surface area contributed by atoms with Crippen LogP contribution < -0.4 is 16.2 Å². The fourth-order valence-corrected chi connectivity index (χ4v) is 1.29. The Morgan fingerprint density at radius 1 is 1.47 bits per heavy atom. The molecule has 2 aromatic heterocycles. The maximum absolute atomic E-state index is 10.9. The second-order valence-electron chi connectivity index (χ2n) is 3.13. The van der Waals surface area contributed by atoms with E-state index in [2.05, 4.69) is 15.1 Å². The van der Waals surface area contributed by atoms with E-state index in [1.54, 1.807) is 0 Å². The van der Waals surface area contributed by atoms with Gasteiger partial charge in [-0.15, -0.1) is 0 Å². The topological polar surface area (TPSA) is 122 Å². The van der Waals surface area contributed by atoms with Crippen molar-refractivity contribution in [2.75, 3.05) is 12.8 Å². The van der Waals surface area contributed by atoms with Gasteiger partial charge in [0.2, 0.25) is 5.88 Å². The Morgan fingerprint density at radius 2 is 2.24 bits per heavy atom. The highest BCUT2D eigenvalue weighted by atomic mass is 16.5. The smallest absolute Gasteiger partial charge is 0.269 e. The van der Waals surface area contributed by atoms with Crippen LogP contribution in [0, 0.1) is 0 Å². The van der Waals surface area contributed by atoms with E-state index in [-0.39, 0.29) is 17.3 Å². The van der Waals surface area contributed by atoms with Crippen molar-refractivity contribution in [1.29, 1.82) is 0 Å². The van der Waals surface area contributed by atoms with Gasteiger partial charge < -0.3 is 16.2 Å². The molecule has 0 fully saturated rings. The molecule has 2 rings (SSSR count). The van der Waals surface area contributed by atoms with E-state index < -0.39 is 5.91 Å². The SMILES string of the molecule is COc1ncnc(-n2ccc(C(N)=O)n2)c1N. The number of anilines is 1. The van der Waals surface area contributed by atoms with Crippen LogP contribution in [0.4, 0.5) is 5.69 Å². The minimum Gasteiger partial charge on any atom is -0.479 e. The van der Waals surface area contributed by atoms with Gasteiger partial charge in [0, 0.05) is 6.20 Å². The molecule has 0 aliphatic heterocycles. The summed E-state index contributed by atoms with van der Waals surface area (Å²) in [6.07, 6.45) is 2.81. The average molecular weight is 234 g/mol. The van der Waals surface area contributed by atoms with Crippen LogP contribution in [-0.2, 0) is 0 Å². The van der Waals surface area contributed by atoms with Crippen LogP contribution in [0.1, 0.15) is 10.5 Å². The second-order valence-corrected chi connectivity index (χ2v) is 3.13. The van der Waals surface area contributed by atoms with Gasteiger partial charge in [0.15, 0.2) is 5.82 Å². The van der Waals surface area contributed by atoms with Gasteiger partial charge in [-0.05, 0) is 6.07 Å². The molecule has 8 heteroatoms. The van der Waals surface area contributed by atoms with Gasteiger partial charge in [0.25, 0.3) is 5.91 Å². The molecule has 0 unspecified atom stereocenters. The van der Waals surface area contributed by atoms with Gasteiger partial charge in [0.05, 0.1) is 7.11 Å². The summed E-state index contributed by atoms with van der Waals surface area (Å²) >= 11 is 0.